The zero-order valence-electron chi connectivity index (χ0n) is 11.7. The summed E-state index contributed by atoms with van der Waals surface area (Å²) in [5.41, 5.74) is 0. The van der Waals surface area contributed by atoms with E-state index in [0.29, 0.717) is 24.9 Å². The molecule has 110 valence electrons. The van der Waals surface area contributed by atoms with Gasteiger partial charge >= 0.3 is 0 Å². The van der Waals surface area contributed by atoms with Crippen LogP contribution in [0.15, 0.2) is 0 Å². The molecule has 5 nitrogen and oxygen atoms in total. The lowest BCUT2D eigenvalue weighted by Gasteiger charge is -2.19. The Bertz CT molecular complexity index is 418. The Balaban J connectivity index is 1.42. The highest BCUT2D eigenvalue weighted by Gasteiger charge is 2.35. The second-order valence-electron chi connectivity index (χ2n) is 6.46. The lowest BCUT2D eigenvalue weighted by atomic mass is 10.1. The smallest absolute Gasteiger partial charge is 0.279 e. The van der Waals surface area contributed by atoms with Crippen LogP contribution in [0.5, 0.6) is 0 Å². The minimum Gasteiger partial charge on any atom is -0.300 e. The van der Waals surface area contributed by atoms with Crippen LogP contribution in [-0.2, 0) is 10.2 Å². The molecule has 1 atom stereocenters. The summed E-state index contributed by atoms with van der Waals surface area (Å²) in [5.74, 6) is 1.09. The Kier molecular flexibility index (Phi) is 3.86. The largest absolute Gasteiger partial charge is 0.300 e. The van der Waals surface area contributed by atoms with E-state index >= 15 is 0 Å². The van der Waals surface area contributed by atoms with Crippen molar-refractivity contribution in [1.29, 1.82) is 0 Å². The first kappa shape index (κ1) is 13.8. The van der Waals surface area contributed by atoms with E-state index < -0.39 is 10.2 Å². The van der Waals surface area contributed by atoms with Gasteiger partial charge in [-0.1, -0.05) is 0 Å². The van der Waals surface area contributed by atoms with Crippen molar-refractivity contribution in [2.45, 2.75) is 38.1 Å². The fourth-order valence-electron chi connectivity index (χ4n) is 2.90. The second-order valence-corrected chi connectivity index (χ2v) is 8.32. The molecule has 0 spiro atoms. The predicted molar refractivity (Wildman–Crippen MR) is 75.0 cm³/mol. The molecule has 3 fully saturated rings. The SMILES string of the molecule is CN(CC1CC1)S(=O)(=O)NC[C@H]1CCN(C2CC2)C1. The molecule has 0 aromatic carbocycles. The molecule has 1 heterocycles. The molecule has 3 aliphatic rings. The molecule has 1 N–H and O–H groups in total. The molecule has 0 aromatic rings. The van der Waals surface area contributed by atoms with E-state index in [9.17, 15) is 8.42 Å². The van der Waals surface area contributed by atoms with Crippen LogP contribution >= 0.6 is 0 Å². The number of likely N-dealkylation sites (tertiary alicyclic amines) is 1. The molecule has 0 amide bonds. The highest BCUT2D eigenvalue weighted by molar-refractivity contribution is 7.87. The number of hydrogen-bond acceptors (Lipinski definition) is 3. The summed E-state index contributed by atoms with van der Waals surface area (Å²) >= 11 is 0. The minimum absolute atomic E-state index is 0.490. The highest BCUT2D eigenvalue weighted by atomic mass is 32.2. The lowest BCUT2D eigenvalue weighted by molar-refractivity contribution is 0.313. The second kappa shape index (κ2) is 5.31. The third-order valence-electron chi connectivity index (χ3n) is 4.56. The van der Waals surface area contributed by atoms with Gasteiger partial charge in [0.1, 0.15) is 0 Å². The van der Waals surface area contributed by atoms with Crippen molar-refractivity contribution < 1.29 is 8.42 Å². The quantitative estimate of drug-likeness (QED) is 0.748. The first-order valence-corrected chi connectivity index (χ1v) is 8.93. The Morgan fingerprint density at radius 2 is 1.89 bits per heavy atom. The number of nitrogens with one attached hydrogen (secondary N) is 1. The van der Waals surface area contributed by atoms with Gasteiger partial charge in [-0.2, -0.15) is 12.7 Å². The summed E-state index contributed by atoms with van der Waals surface area (Å²) in [5, 5.41) is 0. The van der Waals surface area contributed by atoms with Gasteiger partial charge in [-0.3, -0.25) is 0 Å². The highest BCUT2D eigenvalue weighted by Crippen LogP contribution is 2.32. The van der Waals surface area contributed by atoms with Gasteiger partial charge < -0.3 is 4.90 Å². The summed E-state index contributed by atoms with van der Waals surface area (Å²) < 4.78 is 28.4. The molecule has 1 saturated heterocycles. The molecule has 6 heteroatoms. The third-order valence-corrected chi connectivity index (χ3v) is 6.06. The molecule has 3 rings (SSSR count). The summed E-state index contributed by atoms with van der Waals surface area (Å²) in [4.78, 5) is 2.52. The van der Waals surface area contributed by atoms with Gasteiger partial charge in [0.2, 0.25) is 0 Å². The zero-order chi connectivity index (χ0) is 13.5. The van der Waals surface area contributed by atoms with Gasteiger partial charge in [-0.05, 0) is 50.5 Å². The number of rotatable bonds is 7. The molecule has 2 aliphatic carbocycles. The fourth-order valence-corrected chi connectivity index (χ4v) is 3.97. The van der Waals surface area contributed by atoms with Crippen molar-refractivity contribution in [1.82, 2.24) is 13.9 Å². The van der Waals surface area contributed by atoms with Crippen LogP contribution in [0.4, 0.5) is 0 Å². The van der Waals surface area contributed by atoms with Gasteiger partial charge in [0.25, 0.3) is 10.2 Å². The van der Waals surface area contributed by atoms with Gasteiger partial charge in [0.15, 0.2) is 0 Å². The normalized spacial score (nSPS) is 29.3. The van der Waals surface area contributed by atoms with Gasteiger partial charge in [0.05, 0.1) is 0 Å². The summed E-state index contributed by atoms with van der Waals surface area (Å²) in [6.45, 7) is 3.49. The molecular weight excluding hydrogens is 262 g/mol. The van der Waals surface area contributed by atoms with Crippen LogP contribution in [0.25, 0.3) is 0 Å². The van der Waals surface area contributed by atoms with Crippen LogP contribution in [0.3, 0.4) is 0 Å². The maximum absolute atomic E-state index is 12.1. The van der Waals surface area contributed by atoms with Crippen molar-refractivity contribution in [2.24, 2.45) is 11.8 Å². The molecule has 1 aliphatic heterocycles. The van der Waals surface area contributed by atoms with Crippen molar-refractivity contribution >= 4 is 10.2 Å². The lowest BCUT2D eigenvalue weighted by Crippen LogP contribution is -2.41. The maximum atomic E-state index is 12.1. The van der Waals surface area contributed by atoms with E-state index in [1.54, 1.807) is 7.05 Å². The van der Waals surface area contributed by atoms with Crippen molar-refractivity contribution in [3.8, 4) is 0 Å². The Labute approximate surface area is 116 Å². The Morgan fingerprint density at radius 1 is 1.16 bits per heavy atom. The average Bonchev–Trinajstić information content (AvgIpc) is 3.28. The minimum atomic E-state index is -3.26. The molecule has 2 saturated carbocycles. The molecule has 0 bridgehead atoms. The van der Waals surface area contributed by atoms with Crippen molar-refractivity contribution in [2.75, 3.05) is 33.2 Å². The predicted octanol–water partition coefficient (Wildman–Crippen LogP) is 0.647. The van der Waals surface area contributed by atoms with E-state index in [-0.39, 0.29) is 0 Å². The topological polar surface area (TPSA) is 52.7 Å². The Morgan fingerprint density at radius 3 is 2.53 bits per heavy atom. The molecule has 19 heavy (non-hydrogen) atoms. The summed E-state index contributed by atoms with van der Waals surface area (Å²) in [6.07, 6.45) is 6.16. The van der Waals surface area contributed by atoms with E-state index in [1.165, 1.54) is 30.0 Å². The number of hydrogen-bond donors (Lipinski definition) is 1. The van der Waals surface area contributed by atoms with Crippen molar-refractivity contribution in [3.63, 3.8) is 0 Å². The fraction of sp³-hybridized carbons (Fsp3) is 1.00. The first-order valence-electron chi connectivity index (χ1n) is 7.49. The van der Waals surface area contributed by atoms with E-state index in [2.05, 4.69) is 9.62 Å². The van der Waals surface area contributed by atoms with Crippen LogP contribution in [0, 0.1) is 11.8 Å². The van der Waals surface area contributed by atoms with Gasteiger partial charge in [0, 0.05) is 32.7 Å². The Hall–Kier alpha value is -0.170. The van der Waals surface area contributed by atoms with Gasteiger partial charge in [-0.15, -0.1) is 0 Å². The standard InChI is InChI=1S/C13H25N3O2S/c1-15(9-11-2-3-11)19(17,18)14-8-12-6-7-16(10-12)13-4-5-13/h11-14H,2-10H2,1H3/t12-/m1/s1. The average molecular weight is 287 g/mol. The monoisotopic (exact) mass is 287 g/mol. The molecule has 0 unspecified atom stereocenters. The third kappa shape index (κ3) is 3.68. The summed E-state index contributed by atoms with van der Waals surface area (Å²) in [7, 11) is -1.57. The zero-order valence-corrected chi connectivity index (χ0v) is 12.5. The molecule has 0 aromatic heterocycles. The summed E-state index contributed by atoms with van der Waals surface area (Å²) in [6, 6.07) is 0.805. The van der Waals surface area contributed by atoms with Gasteiger partial charge in [-0.25, -0.2) is 4.72 Å². The van der Waals surface area contributed by atoms with E-state index in [0.717, 1.165) is 25.6 Å². The number of nitrogens with zero attached hydrogens (tertiary/aromatic N) is 2. The molecule has 0 radical (unpaired) electrons. The molecular formula is C13H25N3O2S. The van der Waals surface area contributed by atoms with Crippen LogP contribution in [-0.4, -0.2) is 56.9 Å². The maximum Gasteiger partial charge on any atom is 0.279 e. The first-order chi connectivity index (χ1) is 9.04. The van der Waals surface area contributed by atoms with Crippen LogP contribution in [0.2, 0.25) is 0 Å². The van der Waals surface area contributed by atoms with Crippen molar-refractivity contribution in [3.05, 3.63) is 0 Å². The van der Waals surface area contributed by atoms with Crippen LogP contribution < -0.4 is 4.72 Å². The van der Waals surface area contributed by atoms with E-state index in [1.807, 2.05) is 0 Å². The van der Waals surface area contributed by atoms with E-state index in [4.69, 9.17) is 0 Å². The van der Waals surface area contributed by atoms with Crippen LogP contribution in [0.1, 0.15) is 32.1 Å².